The van der Waals surface area contributed by atoms with Gasteiger partial charge in [-0.1, -0.05) is 18.2 Å². The zero-order valence-corrected chi connectivity index (χ0v) is 13.2. The van der Waals surface area contributed by atoms with Gasteiger partial charge in [-0.3, -0.25) is 10.1 Å². The molecule has 0 spiro atoms. The third-order valence-corrected chi connectivity index (χ3v) is 3.02. The number of anilines is 1. The minimum absolute atomic E-state index is 0.0112. The summed E-state index contributed by atoms with van der Waals surface area (Å²) in [5, 5.41) is 15.0. The van der Waals surface area contributed by atoms with E-state index in [1.165, 1.54) is 13.2 Å². The Balaban J connectivity index is 1.85. The van der Waals surface area contributed by atoms with Crippen LogP contribution in [0.1, 0.15) is 0 Å². The molecule has 120 valence electrons. The normalized spacial score (nSPS) is 9.78. The fourth-order valence-electron chi connectivity index (χ4n) is 1.72. The van der Waals surface area contributed by atoms with Gasteiger partial charge in [-0.15, -0.1) is 0 Å². The highest BCUT2D eigenvalue weighted by molar-refractivity contribution is 7.80. The zero-order chi connectivity index (χ0) is 16.7. The van der Waals surface area contributed by atoms with Gasteiger partial charge in [0.1, 0.15) is 17.2 Å². The summed E-state index contributed by atoms with van der Waals surface area (Å²) in [6, 6.07) is 13.6. The van der Waals surface area contributed by atoms with Gasteiger partial charge in [0, 0.05) is 6.07 Å². The number of thiocarbonyl (C=S) groups is 1. The number of ether oxygens (including phenoxy) is 2. The van der Waals surface area contributed by atoms with Crippen molar-refractivity contribution in [2.75, 3.05) is 19.0 Å². The lowest BCUT2D eigenvalue weighted by molar-refractivity contribution is -0.121. The van der Waals surface area contributed by atoms with Gasteiger partial charge in [-0.25, -0.2) is 0 Å². The Bertz CT molecular complexity index is 692. The summed E-state index contributed by atoms with van der Waals surface area (Å²) in [6.45, 7) is -0.171. The molecule has 0 radical (unpaired) electrons. The summed E-state index contributed by atoms with van der Waals surface area (Å²) in [5.41, 5.74) is 0.332. The van der Waals surface area contributed by atoms with Gasteiger partial charge in [0.15, 0.2) is 11.7 Å². The van der Waals surface area contributed by atoms with Gasteiger partial charge in [-0.05, 0) is 36.5 Å². The lowest BCUT2D eigenvalue weighted by atomic mass is 10.3. The van der Waals surface area contributed by atoms with Crippen molar-refractivity contribution in [3.63, 3.8) is 0 Å². The topological polar surface area (TPSA) is 79.8 Å². The molecule has 7 heteroatoms. The average molecular weight is 332 g/mol. The lowest BCUT2D eigenvalue weighted by Gasteiger charge is -2.12. The Hall–Kier alpha value is -2.80. The molecule has 0 bridgehead atoms. The van der Waals surface area contributed by atoms with Crippen LogP contribution in [-0.2, 0) is 4.79 Å². The highest BCUT2D eigenvalue weighted by atomic mass is 32.1. The molecular formula is C16H16N2O4S. The average Bonchev–Trinajstić information content (AvgIpc) is 2.56. The van der Waals surface area contributed by atoms with Crippen LogP contribution in [0.15, 0.2) is 48.5 Å². The van der Waals surface area contributed by atoms with Crippen molar-refractivity contribution in [3.05, 3.63) is 48.5 Å². The molecule has 0 atom stereocenters. The highest BCUT2D eigenvalue weighted by Crippen LogP contribution is 2.27. The molecule has 0 heterocycles. The molecule has 0 aliphatic carbocycles. The van der Waals surface area contributed by atoms with E-state index >= 15 is 0 Å². The van der Waals surface area contributed by atoms with Crippen molar-refractivity contribution in [2.45, 2.75) is 0 Å². The number of aromatic hydroxyl groups is 1. The van der Waals surface area contributed by atoms with Crippen molar-refractivity contribution in [1.29, 1.82) is 0 Å². The zero-order valence-electron chi connectivity index (χ0n) is 12.4. The molecule has 0 fully saturated rings. The van der Waals surface area contributed by atoms with E-state index in [-0.39, 0.29) is 17.5 Å². The Morgan fingerprint density at radius 3 is 2.61 bits per heavy atom. The van der Waals surface area contributed by atoms with Crippen molar-refractivity contribution < 1.29 is 19.4 Å². The quantitative estimate of drug-likeness (QED) is 0.576. The van der Waals surface area contributed by atoms with Gasteiger partial charge in [-0.2, -0.15) is 0 Å². The van der Waals surface area contributed by atoms with E-state index < -0.39 is 5.91 Å². The fraction of sp³-hybridized carbons (Fsp3) is 0.125. The van der Waals surface area contributed by atoms with E-state index in [1.54, 1.807) is 24.3 Å². The highest BCUT2D eigenvalue weighted by Gasteiger charge is 2.09. The van der Waals surface area contributed by atoms with Crippen molar-refractivity contribution >= 4 is 28.9 Å². The van der Waals surface area contributed by atoms with Crippen LogP contribution in [0.5, 0.6) is 17.2 Å². The van der Waals surface area contributed by atoms with Crippen molar-refractivity contribution in [1.82, 2.24) is 5.32 Å². The Labute approximate surface area is 139 Å². The van der Waals surface area contributed by atoms with Crippen LogP contribution in [0.25, 0.3) is 0 Å². The minimum atomic E-state index is -0.409. The van der Waals surface area contributed by atoms with Crippen LogP contribution < -0.4 is 20.1 Å². The summed E-state index contributed by atoms with van der Waals surface area (Å²) in [4.78, 5) is 11.8. The molecule has 0 aliphatic heterocycles. The second-order valence-corrected chi connectivity index (χ2v) is 4.90. The first-order chi connectivity index (χ1) is 11.1. The number of carbonyl (C=O) groups excluding carboxylic acids is 1. The smallest absolute Gasteiger partial charge is 0.264 e. The molecule has 2 rings (SSSR count). The van der Waals surface area contributed by atoms with Crippen LogP contribution in [0.2, 0.25) is 0 Å². The van der Waals surface area contributed by atoms with Crippen LogP contribution >= 0.6 is 12.2 Å². The third kappa shape index (κ3) is 5.15. The standard InChI is InChI=1S/C16H16N2O4S/c1-21-12-7-8-14(19)13(9-12)17-16(23)18-15(20)10-22-11-5-3-2-4-6-11/h2-9,19H,10H2,1H3,(H2,17,18,20,23). The molecule has 2 aromatic rings. The SMILES string of the molecule is COc1ccc(O)c(NC(=S)NC(=O)COc2ccccc2)c1. The van der Waals surface area contributed by atoms with E-state index in [2.05, 4.69) is 10.6 Å². The monoisotopic (exact) mass is 332 g/mol. The van der Waals surface area contributed by atoms with E-state index in [4.69, 9.17) is 21.7 Å². The summed E-state index contributed by atoms with van der Waals surface area (Å²) in [6.07, 6.45) is 0. The van der Waals surface area contributed by atoms with Gasteiger partial charge < -0.3 is 19.9 Å². The molecule has 1 amide bonds. The Kier molecular flexibility index (Phi) is 5.76. The summed E-state index contributed by atoms with van der Waals surface area (Å²) in [5.74, 6) is 0.718. The fourth-order valence-corrected chi connectivity index (χ4v) is 1.95. The lowest BCUT2D eigenvalue weighted by Crippen LogP contribution is -2.37. The summed E-state index contributed by atoms with van der Waals surface area (Å²) >= 11 is 5.03. The molecule has 0 saturated heterocycles. The second-order valence-electron chi connectivity index (χ2n) is 4.49. The number of benzene rings is 2. The Morgan fingerprint density at radius 1 is 1.17 bits per heavy atom. The molecule has 23 heavy (non-hydrogen) atoms. The molecule has 6 nitrogen and oxygen atoms in total. The first-order valence-electron chi connectivity index (χ1n) is 6.74. The predicted molar refractivity (Wildman–Crippen MR) is 91.0 cm³/mol. The Morgan fingerprint density at radius 2 is 1.91 bits per heavy atom. The van der Waals surface area contributed by atoms with E-state index in [1.807, 2.05) is 18.2 Å². The number of carbonyl (C=O) groups is 1. The number of hydrogen-bond acceptors (Lipinski definition) is 5. The maximum Gasteiger partial charge on any atom is 0.264 e. The van der Waals surface area contributed by atoms with Gasteiger partial charge in [0.2, 0.25) is 0 Å². The second kappa shape index (κ2) is 8.00. The molecule has 2 aromatic carbocycles. The molecule has 0 aromatic heterocycles. The molecule has 3 N–H and O–H groups in total. The van der Waals surface area contributed by atoms with Crippen LogP contribution in [0.4, 0.5) is 5.69 Å². The number of rotatable bonds is 5. The molecule has 0 saturated carbocycles. The number of amides is 1. The number of nitrogens with one attached hydrogen (secondary N) is 2. The number of methoxy groups -OCH3 is 1. The maximum atomic E-state index is 11.8. The van der Waals surface area contributed by atoms with Crippen LogP contribution in [0, 0.1) is 0 Å². The van der Waals surface area contributed by atoms with Crippen LogP contribution in [-0.4, -0.2) is 29.8 Å². The molecule has 0 aliphatic rings. The van der Waals surface area contributed by atoms with Gasteiger partial charge in [0.25, 0.3) is 5.91 Å². The number of phenols is 1. The molecule has 0 unspecified atom stereocenters. The van der Waals surface area contributed by atoms with E-state index in [9.17, 15) is 9.90 Å². The first kappa shape index (κ1) is 16.6. The maximum absolute atomic E-state index is 11.8. The predicted octanol–water partition coefficient (Wildman–Crippen LogP) is 2.29. The van der Waals surface area contributed by atoms with E-state index in [0.29, 0.717) is 17.2 Å². The largest absolute Gasteiger partial charge is 0.506 e. The first-order valence-corrected chi connectivity index (χ1v) is 7.15. The minimum Gasteiger partial charge on any atom is -0.506 e. The van der Waals surface area contributed by atoms with Crippen LogP contribution in [0.3, 0.4) is 0 Å². The van der Waals surface area contributed by atoms with Crippen molar-refractivity contribution in [2.24, 2.45) is 0 Å². The number of hydrogen-bond donors (Lipinski definition) is 3. The number of phenolic OH excluding ortho intramolecular Hbond substituents is 1. The van der Waals surface area contributed by atoms with Crippen molar-refractivity contribution in [3.8, 4) is 17.2 Å². The number of para-hydroxylation sites is 1. The summed E-state index contributed by atoms with van der Waals surface area (Å²) in [7, 11) is 1.51. The van der Waals surface area contributed by atoms with E-state index in [0.717, 1.165) is 0 Å². The summed E-state index contributed by atoms with van der Waals surface area (Å²) < 4.78 is 10.4. The van der Waals surface area contributed by atoms with Gasteiger partial charge >= 0.3 is 0 Å². The molecular weight excluding hydrogens is 316 g/mol. The van der Waals surface area contributed by atoms with Gasteiger partial charge in [0.05, 0.1) is 12.8 Å². The third-order valence-electron chi connectivity index (χ3n) is 2.82.